The summed E-state index contributed by atoms with van der Waals surface area (Å²) in [6.45, 7) is 2.11. The summed E-state index contributed by atoms with van der Waals surface area (Å²) >= 11 is 6.73. The minimum atomic E-state index is -3.60. The average molecular weight is 855 g/mol. The summed E-state index contributed by atoms with van der Waals surface area (Å²) in [6, 6.07) is 8.17. The predicted octanol–water partition coefficient (Wildman–Crippen LogP) is 6.58. The Balaban J connectivity index is 1.31. The van der Waals surface area contributed by atoms with E-state index in [0.29, 0.717) is 28.1 Å². The van der Waals surface area contributed by atoms with Gasteiger partial charge < -0.3 is 26.4 Å². The van der Waals surface area contributed by atoms with Crippen LogP contribution < -0.4 is 21.3 Å². The lowest BCUT2D eigenvalue weighted by Gasteiger charge is -2.35. The fourth-order valence-corrected chi connectivity index (χ4v) is 7.97. The van der Waals surface area contributed by atoms with E-state index in [9.17, 15) is 32.3 Å². The van der Waals surface area contributed by atoms with Crippen molar-refractivity contribution in [1.29, 1.82) is 5.41 Å². The van der Waals surface area contributed by atoms with Crippen LogP contribution in [0.1, 0.15) is 62.5 Å². The van der Waals surface area contributed by atoms with E-state index in [1.165, 1.54) is 18.5 Å². The Hall–Kier alpha value is -5.44. The predicted molar refractivity (Wildman–Crippen MR) is 213 cm³/mol. The molecule has 0 aliphatic heterocycles. The number of rotatable bonds is 14. The number of nitrogens with zero attached hydrogens (tertiary/aromatic N) is 3. The first-order chi connectivity index (χ1) is 28.3. The third-order valence-corrected chi connectivity index (χ3v) is 11.0. The lowest BCUT2D eigenvalue weighted by molar-refractivity contribution is -0.121. The summed E-state index contributed by atoms with van der Waals surface area (Å²) in [7, 11) is 1.62. The van der Waals surface area contributed by atoms with Crippen molar-refractivity contribution in [2.45, 2.75) is 76.0 Å². The van der Waals surface area contributed by atoms with E-state index in [1.54, 1.807) is 31.3 Å². The molecule has 2 saturated carbocycles. The second kappa shape index (κ2) is 16.5. The standard InChI is InChI=1S/C42H41ClF6N8O3/c1-41(2,60)13-12-24-6-7-25(26-9-11-29(43)34-37(26)57(3)56-40(34)55-32(59)18-51-23-4-5-23)36(53-24)30(16-20-14-21(44)17-22(45)15-20)54-31(58)19-52-38-33(35(50)39(46)47)27-8-10-28(27)42(38,48)49/h6-7,9,11,14-15,17,23,27-28,30,39,50-52,60H,4-5,8,10,16,18-19H2,1-3H3,(H,54,58)(H,55,56,59)/t27-,28+,30-/m0/s1. The molecule has 316 valence electrons. The number of aromatic nitrogens is 3. The van der Waals surface area contributed by atoms with Gasteiger partial charge in [-0.3, -0.25) is 19.7 Å². The van der Waals surface area contributed by atoms with Gasteiger partial charge in [0.25, 0.3) is 12.3 Å². The SMILES string of the molecule is Cn1nc(NC(=O)CNC2CC2)c2c(Cl)ccc(-c3ccc(C#CC(C)(C)O)nc3[C@H](Cc3cc(F)cc(F)c3)NC(=O)CNC3=C(C(=N)C(F)F)[C@H]4CC[C@H]4C3(F)F)c21. The second-order valence-corrected chi connectivity index (χ2v) is 16.2. The Morgan fingerprint density at radius 3 is 2.37 bits per heavy atom. The van der Waals surface area contributed by atoms with Crippen molar-refractivity contribution < 1.29 is 41.0 Å². The molecule has 3 aliphatic rings. The molecule has 0 spiro atoms. The fourth-order valence-electron chi connectivity index (χ4n) is 7.73. The maximum Gasteiger partial charge on any atom is 0.290 e. The van der Waals surface area contributed by atoms with Gasteiger partial charge >= 0.3 is 0 Å². The van der Waals surface area contributed by atoms with Crippen LogP contribution >= 0.6 is 11.6 Å². The molecule has 2 aromatic carbocycles. The number of aryl methyl sites for hydroxylation is 1. The molecular formula is C42H41ClF6N8O3. The smallest absolute Gasteiger partial charge is 0.290 e. The van der Waals surface area contributed by atoms with Crippen molar-refractivity contribution in [3.05, 3.63) is 87.3 Å². The molecule has 0 saturated heterocycles. The van der Waals surface area contributed by atoms with E-state index in [1.807, 2.05) is 0 Å². The van der Waals surface area contributed by atoms with Gasteiger partial charge in [-0.15, -0.1) is 0 Å². The van der Waals surface area contributed by atoms with Crippen LogP contribution in [0.2, 0.25) is 5.02 Å². The van der Waals surface area contributed by atoms with E-state index in [0.717, 1.165) is 25.0 Å². The summed E-state index contributed by atoms with van der Waals surface area (Å²) in [5.74, 6) is -3.31. The first kappa shape index (κ1) is 42.7. The number of halogens is 7. The summed E-state index contributed by atoms with van der Waals surface area (Å²) < 4.78 is 89.2. The number of alkyl halides is 4. The highest BCUT2D eigenvalue weighted by atomic mass is 35.5. The molecule has 2 aromatic heterocycles. The molecule has 6 N–H and O–H groups in total. The lowest BCUT2D eigenvalue weighted by Crippen LogP contribution is -2.42. The van der Waals surface area contributed by atoms with Crippen LogP contribution in [0.25, 0.3) is 22.0 Å². The number of nitrogens with one attached hydrogen (secondary N) is 5. The molecule has 60 heavy (non-hydrogen) atoms. The van der Waals surface area contributed by atoms with E-state index >= 15 is 8.78 Å². The van der Waals surface area contributed by atoms with Gasteiger partial charge in [0.1, 0.15) is 28.6 Å². The number of pyridine rings is 1. The van der Waals surface area contributed by atoms with Crippen LogP contribution in [-0.2, 0) is 23.1 Å². The quantitative estimate of drug-likeness (QED) is 0.0476. The Morgan fingerprint density at radius 1 is 1.03 bits per heavy atom. The van der Waals surface area contributed by atoms with Gasteiger partial charge in [-0.25, -0.2) is 22.5 Å². The van der Waals surface area contributed by atoms with Gasteiger partial charge in [0, 0.05) is 41.8 Å². The molecule has 2 fully saturated rings. The maximum absolute atomic E-state index is 15.5. The van der Waals surface area contributed by atoms with Gasteiger partial charge in [0.2, 0.25) is 11.8 Å². The zero-order chi connectivity index (χ0) is 43.3. The minimum absolute atomic E-state index is 0.0459. The summed E-state index contributed by atoms with van der Waals surface area (Å²) in [6.07, 6.45) is -1.42. The van der Waals surface area contributed by atoms with Crippen LogP contribution in [0.3, 0.4) is 0 Å². The van der Waals surface area contributed by atoms with E-state index in [2.05, 4.69) is 38.2 Å². The largest absolute Gasteiger partial charge is 0.378 e. The Kier molecular flexibility index (Phi) is 11.8. The molecule has 3 atom stereocenters. The van der Waals surface area contributed by atoms with E-state index in [4.69, 9.17) is 22.0 Å². The number of hydrogen-bond acceptors (Lipinski definition) is 8. The number of allylic oxidation sites excluding steroid dienone is 2. The minimum Gasteiger partial charge on any atom is -0.378 e. The molecule has 2 heterocycles. The number of fused-ring (bicyclic) bond motifs is 2. The molecule has 7 rings (SSSR count). The number of anilines is 1. The number of aliphatic hydroxyl groups is 1. The van der Waals surface area contributed by atoms with Crippen molar-refractivity contribution in [3.8, 4) is 23.0 Å². The van der Waals surface area contributed by atoms with Crippen LogP contribution in [0.5, 0.6) is 0 Å². The average Bonchev–Trinajstić information content (AvgIpc) is 3.89. The second-order valence-electron chi connectivity index (χ2n) is 15.8. The first-order valence-electron chi connectivity index (χ1n) is 19.2. The number of hydrogen-bond donors (Lipinski definition) is 6. The normalized spacial score (nSPS) is 18.7. The molecule has 2 amide bonds. The Morgan fingerprint density at radius 2 is 1.73 bits per heavy atom. The molecule has 4 aromatic rings. The highest BCUT2D eigenvalue weighted by molar-refractivity contribution is 6.37. The van der Waals surface area contributed by atoms with Gasteiger partial charge in [0.15, 0.2) is 5.82 Å². The van der Waals surface area contributed by atoms with Crippen LogP contribution in [0.15, 0.2) is 53.7 Å². The van der Waals surface area contributed by atoms with Gasteiger partial charge in [0.05, 0.1) is 46.4 Å². The number of carbonyl (C=O) groups excluding carboxylic acids is 2. The molecule has 0 unspecified atom stereocenters. The van der Waals surface area contributed by atoms with Crippen molar-refractivity contribution >= 4 is 45.8 Å². The zero-order valence-corrected chi connectivity index (χ0v) is 33.4. The van der Waals surface area contributed by atoms with Gasteiger partial charge in [-0.05, 0) is 93.7 Å². The van der Waals surface area contributed by atoms with Gasteiger partial charge in [-0.1, -0.05) is 23.6 Å². The highest BCUT2D eigenvalue weighted by Gasteiger charge is 2.61. The third kappa shape index (κ3) is 9.01. The molecule has 0 radical (unpaired) electrons. The topological polar surface area (TPSA) is 157 Å². The molecule has 11 nitrogen and oxygen atoms in total. The third-order valence-electron chi connectivity index (χ3n) is 10.7. The summed E-state index contributed by atoms with van der Waals surface area (Å²) in [4.78, 5) is 31.5. The van der Waals surface area contributed by atoms with Crippen molar-refractivity contribution in [2.75, 3.05) is 18.4 Å². The first-order valence-corrected chi connectivity index (χ1v) is 19.6. The van der Waals surface area contributed by atoms with Crippen LogP contribution in [0.4, 0.5) is 32.2 Å². The molecule has 0 bridgehead atoms. The Bertz CT molecular complexity index is 2470. The van der Waals surface area contributed by atoms with E-state index < -0.39 is 76.9 Å². The molecular weight excluding hydrogens is 814 g/mol. The zero-order valence-electron chi connectivity index (χ0n) is 32.6. The van der Waals surface area contributed by atoms with Gasteiger partial charge in [-0.2, -0.15) is 13.9 Å². The van der Waals surface area contributed by atoms with E-state index in [-0.39, 0.29) is 65.5 Å². The molecule has 18 heteroatoms. The number of carbonyl (C=O) groups is 2. The van der Waals surface area contributed by atoms with Crippen molar-refractivity contribution in [2.24, 2.45) is 18.9 Å². The number of amides is 2. The summed E-state index contributed by atoms with van der Waals surface area (Å²) in [5, 5.41) is 34.4. The summed E-state index contributed by atoms with van der Waals surface area (Å²) in [5.41, 5.74) is -2.62. The van der Waals surface area contributed by atoms with Crippen LogP contribution in [0, 0.1) is 40.7 Å². The Labute approximate surface area is 345 Å². The maximum atomic E-state index is 15.5. The van der Waals surface area contributed by atoms with Crippen LogP contribution in [-0.4, -0.2) is 74.5 Å². The lowest BCUT2D eigenvalue weighted by atomic mass is 9.71. The monoisotopic (exact) mass is 854 g/mol. The molecule has 3 aliphatic carbocycles. The number of benzene rings is 2. The van der Waals surface area contributed by atoms with Crippen molar-refractivity contribution in [1.82, 2.24) is 30.7 Å². The fraction of sp³-hybridized carbons (Fsp3) is 0.405. The van der Waals surface area contributed by atoms with Crippen molar-refractivity contribution in [3.63, 3.8) is 0 Å². The highest BCUT2D eigenvalue weighted by Crippen LogP contribution is 2.58.